The number of aromatic hydroxyl groups is 1. The van der Waals surface area contributed by atoms with Gasteiger partial charge in [-0.2, -0.15) is 8.42 Å². The Morgan fingerprint density at radius 2 is 1.68 bits per heavy atom. The standard InChI is InChI=1S/C22H20N4O4S/c1-12-9-13-5-7-18(21(27)20(13)17(24)10-12)25-26-19-8-6-15-14(11-23)3-2-4-16(15)22(19)31(28,29)30/h2-10,27H,11,23-24H2,1H3,(H,28,29,30). The molecule has 0 unspecified atom stereocenters. The minimum atomic E-state index is -4.62. The molecule has 158 valence electrons. The second-order valence-corrected chi connectivity index (χ2v) is 8.55. The van der Waals surface area contributed by atoms with Gasteiger partial charge in [0.2, 0.25) is 0 Å². The van der Waals surface area contributed by atoms with Crippen molar-refractivity contribution in [3.8, 4) is 5.75 Å². The Kier molecular flexibility index (Phi) is 5.10. The second kappa shape index (κ2) is 7.62. The van der Waals surface area contributed by atoms with Gasteiger partial charge in [-0.25, -0.2) is 0 Å². The van der Waals surface area contributed by atoms with Gasteiger partial charge < -0.3 is 16.6 Å². The Bertz CT molecular complexity index is 1480. The van der Waals surface area contributed by atoms with Crippen molar-refractivity contribution in [1.29, 1.82) is 0 Å². The molecular weight excluding hydrogens is 416 g/mol. The lowest BCUT2D eigenvalue weighted by Gasteiger charge is -2.10. The van der Waals surface area contributed by atoms with Crippen LogP contribution in [0.1, 0.15) is 11.1 Å². The summed E-state index contributed by atoms with van der Waals surface area (Å²) >= 11 is 0. The Morgan fingerprint density at radius 1 is 0.968 bits per heavy atom. The highest BCUT2D eigenvalue weighted by molar-refractivity contribution is 7.86. The zero-order valence-corrected chi connectivity index (χ0v) is 17.4. The molecule has 0 spiro atoms. The number of rotatable bonds is 4. The molecule has 0 radical (unpaired) electrons. The molecular formula is C22H20N4O4S. The number of hydrogen-bond donors (Lipinski definition) is 4. The summed E-state index contributed by atoms with van der Waals surface area (Å²) < 4.78 is 34.2. The van der Waals surface area contributed by atoms with Crippen molar-refractivity contribution < 1.29 is 18.1 Å². The van der Waals surface area contributed by atoms with Gasteiger partial charge in [-0.15, -0.1) is 10.2 Å². The van der Waals surface area contributed by atoms with Gasteiger partial charge in [0.25, 0.3) is 10.1 Å². The van der Waals surface area contributed by atoms with Crippen molar-refractivity contribution in [1.82, 2.24) is 0 Å². The fourth-order valence-corrected chi connectivity index (χ4v) is 4.55. The molecule has 4 aromatic rings. The van der Waals surface area contributed by atoms with E-state index in [-0.39, 0.29) is 34.0 Å². The van der Waals surface area contributed by atoms with Gasteiger partial charge >= 0.3 is 0 Å². The molecule has 0 aromatic heterocycles. The number of nitrogens with zero attached hydrogens (tertiary/aromatic N) is 2. The molecule has 0 fully saturated rings. The van der Waals surface area contributed by atoms with Gasteiger partial charge in [0.1, 0.15) is 16.3 Å². The molecule has 0 atom stereocenters. The minimum absolute atomic E-state index is 0.0689. The van der Waals surface area contributed by atoms with Gasteiger partial charge in [-0.3, -0.25) is 4.55 Å². The van der Waals surface area contributed by atoms with Crippen LogP contribution < -0.4 is 11.5 Å². The Labute approximate surface area is 178 Å². The first-order chi connectivity index (χ1) is 14.7. The summed E-state index contributed by atoms with van der Waals surface area (Å²) in [6.45, 7) is 2.10. The van der Waals surface area contributed by atoms with E-state index in [9.17, 15) is 18.1 Å². The van der Waals surface area contributed by atoms with E-state index in [1.165, 1.54) is 6.07 Å². The average molecular weight is 436 g/mol. The van der Waals surface area contributed by atoms with Crippen LogP contribution in [0.4, 0.5) is 17.1 Å². The molecule has 0 aliphatic rings. The maximum atomic E-state index is 12.2. The third kappa shape index (κ3) is 3.70. The lowest BCUT2D eigenvalue weighted by Crippen LogP contribution is -2.02. The monoisotopic (exact) mass is 436 g/mol. The van der Waals surface area contributed by atoms with E-state index in [0.717, 1.165) is 16.5 Å². The number of phenolic OH excluding ortho intramolecular Hbond substituents is 1. The molecule has 0 aliphatic heterocycles. The topological polar surface area (TPSA) is 151 Å². The van der Waals surface area contributed by atoms with Crippen molar-refractivity contribution in [3.05, 3.63) is 65.7 Å². The third-order valence-corrected chi connectivity index (χ3v) is 6.01. The van der Waals surface area contributed by atoms with E-state index in [2.05, 4.69) is 10.2 Å². The molecule has 6 N–H and O–H groups in total. The molecule has 31 heavy (non-hydrogen) atoms. The molecule has 8 nitrogen and oxygen atoms in total. The summed E-state index contributed by atoms with van der Waals surface area (Å²) in [5.41, 5.74) is 13.9. The van der Waals surface area contributed by atoms with E-state index in [1.807, 2.05) is 13.0 Å². The van der Waals surface area contributed by atoms with Crippen molar-refractivity contribution in [2.24, 2.45) is 16.0 Å². The fraction of sp³-hybridized carbons (Fsp3) is 0.0909. The van der Waals surface area contributed by atoms with Crippen LogP contribution in [-0.2, 0) is 16.7 Å². The summed E-state index contributed by atoms with van der Waals surface area (Å²) in [4.78, 5) is -0.375. The van der Waals surface area contributed by atoms with E-state index in [1.54, 1.807) is 42.5 Å². The highest BCUT2D eigenvalue weighted by Gasteiger charge is 2.21. The number of phenols is 1. The van der Waals surface area contributed by atoms with E-state index < -0.39 is 10.1 Å². The molecule has 4 aromatic carbocycles. The van der Waals surface area contributed by atoms with Crippen molar-refractivity contribution in [2.45, 2.75) is 18.4 Å². The van der Waals surface area contributed by atoms with Crippen LogP contribution in [0.3, 0.4) is 0 Å². The molecule has 0 amide bonds. The molecule has 0 heterocycles. The third-order valence-electron chi connectivity index (χ3n) is 5.07. The first-order valence-corrected chi connectivity index (χ1v) is 10.8. The van der Waals surface area contributed by atoms with Crippen LogP contribution in [0.2, 0.25) is 0 Å². The number of aryl methyl sites for hydroxylation is 1. The number of azo groups is 1. The molecule has 0 saturated heterocycles. The van der Waals surface area contributed by atoms with Crippen LogP contribution in [0.25, 0.3) is 21.5 Å². The predicted octanol–water partition coefficient (Wildman–Crippen LogP) is 4.71. The Morgan fingerprint density at radius 3 is 2.39 bits per heavy atom. The maximum Gasteiger partial charge on any atom is 0.297 e. The Hall–Kier alpha value is -3.53. The summed E-state index contributed by atoms with van der Waals surface area (Å²) in [5.74, 6) is -0.168. The first-order valence-electron chi connectivity index (χ1n) is 9.36. The van der Waals surface area contributed by atoms with E-state index in [0.29, 0.717) is 16.5 Å². The largest absolute Gasteiger partial charge is 0.505 e. The van der Waals surface area contributed by atoms with Gasteiger partial charge in [0.05, 0.1) is 0 Å². The number of fused-ring (bicyclic) bond motifs is 2. The number of hydrogen-bond acceptors (Lipinski definition) is 7. The highest BCUT2D eigenvalue weighted by atomic mass is 32.2. The quantitative estimate of drug-likeness (QED) is 0.206. The molecule has 0 bridgehead atoms. The van der Waals surface area contributed by atoms with Gasteiger partial charge in [0.15, 0.2) is 5.75 Å². The molecule has 9 heteroatoms. The zero-order chi connectivity index (χ0) is 22.3. The van der Waals surface area contributed by atoms with Crippen LogP contribution in [0.15, 0.2) is 69.7 Å². The summed E-state index contributed by atoms with van der Waals surface area (Å²) in [7, 11) is -4.62. The van der Waals surface area contributed by atoms with E-state index in [4.69, 9.17) is 11.5 Å². The average Bonchev–Trinajstić information content (AvgIpc) is 2.70. The highest BCUT2D eigenvalue weighted by Crippen LogP contribution is 2.40. The van der Waals surface area contributed by atoms with Crippen LogP contribution in [0, 0.1) is 6.92 Å². The number of benzene rings is 4. The number of nitrogens with two attached hydrogens (primary N) is 2. The number of anilines is 1. The lowest BCUT2D eigenvalue weighted by atomic mass is 10.0. The summed E-state index contributed by atoms with van der Waals surface area (Å²) in [6.07, 6.45) is 0. The Balaban J connectivity index is 1.90. The maximum absolute atomic E-state index is 12.2. The van der Waals surface area contributed by atoms with E-state index >= 15 is 0 Å². The van der Waals surface area contributed by atoms with Crippen LogP contribution >= 0.6 is 0 Å². The fourth-order valence-electron chi connectivity index (χ4n) is 3.72. The summed E-state index contributed by atoms with van der Waals surface area (Å²) in [6, 6.07) is 15.0. The molecule has 4 rings (SSSR count). The van der Waals surface area contributed by atoms with Gasteiger partial charge in [0, 0.05) is 23.0 Å². The number of nitrogen functional groups attached to an aromatic ring is 1. The first kappa shape index (κ1) is 20.7. The zero-order valence-electron chi connectivity index (χ0n) is 16.6. The minimum Gasteiger partial charge on any atom is -0.505 e. The molecule has 0 saturated carbocycles. The normalized spacial score (nSPS) is 12.2. The second-order valence-electron chi connectivity index (χ2n) is 7.19. The van der Waals surface area contributed by atoms with Gasteiger partial charge in [-0.1, -0.05) is 36.4 Å². The van der Waals surface area contributed by atoms with Crippen molar-refractivity contribution in [3.63, 3.8) is 0 Å². The van der Waals surface area contributed by atoms with Crippen molar-refractivity contribution in [2.75, 3.05) is 5.73 Å². The van der Waals surface area contributed by atoms with Gasteiger partial charge in [-0.05, 0) is 47.0 Å². The lowest BCUT2D eigenvalue weighted by molar-refractivity contribution is 0.483. The predicted molar refractivity (Wildman–Crippen MR) is 121 cm³/mol. The molecule has 0 aliphatic carbocycles. The van der Waals surface area contributed by atoms with Crippen LogP contribution in [-0.4, -0.2) is 18.1 Å². The smallest absolute Gasteiger partial charge is 0.297 e. The summed E-state index contributed by atoms with van der Waals surface area (Å²) in [5, 5.41) is 20.8. The SMILES string of the molecule is Cc1cc(N)c2c(O)c(N=Nc3ccc4c(CN)cccc4c3S(=O)(=O)O)ccc2c1. The van der Waals surface area contributed by atoms with Crippen LogP contribution in [0.5, 0.6) is 5.75 Å². The van der Waals surface area contributed by atoms with Crippen molar-refractivity contribution >= 4 is 48.7 Å².